The third-order valence-corrected chi connectivity index (χ3v) is 6.86. The number of carbonyl (C=O) groups is 1. The number of hydrogen-bond donors (Lipinski definition) is 1. The fourth-order valence-electron chi connectivity index (χ4n) is 3.89. The summed E-state index contributed by atoms with van der Waals surface area (Å²) >= 11 is 1.54. The zero-order valence-electron chi connectivity index (χ0n) is 15.2. The Morgan fingerprint density at radius 3 is 2.68 bits per heavy atom. The Bertz CT molecular complexity index is 1200. The number of carbonyl (C=O) groups excluding carboxylic acids is 1. The van der Waals surface area contributed by atoms with Gasteiger partial charge in [0.25, 0.3) is 11.5 Å². The number of nitrogens with one attached hydrogen (secondary N) is 1. The van der Waals surface area contributed by atoms with Crippen molar-refractivity contribution in [2.45, 2.75) is 43.9 Å². The normalized spacial score (nSPS) is 17.0. The minimum absolute atomic E-state index is 0.0449. The average molecular weight is 390 g/mol. The molecule has 0 spiro atoms. The maximum absolute atomic E-state index is 13.0. The molecule has 140 valence electrons. The van der Waals surface area contributed by atoms with Gasteiger partial charge in [0.1, 0.15) is 5.56 Å². The molecule has 1 saturated carbocycles. The first-order chi connectivity index (χ1) is 13.6. The van der Waals surface area contributed by atoms with Gasteiger partial charge in [-0.3, -0.25) is 14.0 Å². The van der Waals surface area contributed by atoms with Crippen molar-refractivity contribution in [2.75, 3.05) is 5.32 Å². The molecule has 1 fully saturated rings. The van der Waals surface area contributed by atoms with E-state index in [9.17, 15) is 14.9 Å². The van der Waals surface area contributed by atoms with Crippen LogP contribution in [0.2, 0.25) is 0 Å². The van der Waals surface area contributed by atoms with Crippen LogP contribution in [0.25, 0.3) is 4.96 Å². The first kappa shape index (κ1) is 17.1. The molecule has 6 nitrogen and oxygen atoms in total. The maximum Gasteiger partial charge on any atom is 0.271 e. The number of rotatable bonds is 3. The van der Waals surface area contributed by atoms with Gasteiger partial charge >= 0.3 is 0 Å². The van der Waals surface area contributed by atoms with Crippen LogP contribution in [0.5, 0.6) is 0 Å². The van der Waals surface area contributed by atoms with Crippen molar-refractivity contribution < 1.29 is 4.79 Å². The quantitative estimate of drug-likeness (QED) is 0.742. The number of nitriles is 1. The van der Waals surface area contributed by atoms with E-state index < -0.39 is 5.91 Å². The number of benzene rings is 1. The number of thiazole rings is 1. The predicted molar refractivity (Wildman–Crippen MR) is 107 cm³/mol. The molecule has 2 aliphatic rings. The molecule has 2 aliphatic carbocycles. The molecule has 7 heteroatoms. The van der Waals surface area contributed by atoms with E-state index >= 15 is 0 Å². The molecule has 0 aliphatic heterocycles. The van der Waals surface area contributed by atoms with E-state index in [0.29, 0.717) is 10.6 Å². The summed E-state index contributed by atoms with van der Waals surface area (Å²) in [6.45, 7) is 0. The van der Waals surface area contributed by atoms with Crippen LogP contribution in [-0.4, -0.2) is 15.3 Å². The second-order valence-corrected chi connectivity index (χ2v) is 8.56. The molecule has 1 amide bonds. The van der Waals surface area contributed by atoms with Crippen LogP contribution in [0.3, 0.4) is 0 Å². The lowest BCUT2D eigenvalue weighted by molar-refractivity contribution is 0.102. The number of fused-ring (bicyclic) bond motifs is 3. The van der Waals surface area contributed by atoms with Crippen molar-refractivity contribution in [2.24, 2.45) is 0 Å². The van der Waals surface area contributed by atoms with Gasteiger partial charge in [0, 0.05) is 22.5 Å². The van der Waals surface area contributed by atoms with Crippen molar-refractivity contribution in [1.82, 2.24) is 9.38 Å². The van der Waals surface area contributed by atoms with Crippen LogP contribution < -0.4 is 10.9 Å². The maximum atomic E-state index is 13.0. The van der Waals surface area contributed by atoms with Crippen molar-refractivity contribution in [1.29, 1.82) is 5.26 Å². The standard InChI is InChI=1S/C21H18N4O2S/c22-12-21(9-10-21)13-5-7-14(8-6-13)24-18(26)15-11-23-20-25(19(15)27)16-3-1-2-4-17(16)28-20/h5-8,11H,1-4,9-10H2,(H,24,26). The molecule has 28 heavy (non-hydrogen) atoms. The van der Waals surface area contributed by atoms with E-state index in [1.165, 1.54) is 11.1 Å². The third-order valence-electron chi connectivity index (χ3n) is 5.71. The zero-order chi connectivity index (χ0) is 19.3. The first-order valence-electron chi connectivity index (χ1n) is 9.47. The summed E-state index contributed by atoms with van der Waals surface area (Å²) in [4.78, 5) is 31.9. The van der Waals surface area contributed by atoms with Gasteiger partial charge in [-0.2, -0.15) is 5.26 Å². The summed E-state index contributed by atoms with van der Waals surface area (Å²) in [7, 11) is 0. The van der Waals surface area contributed by atoms with Gasteiger partial charge in [0.15, 0.2) is 4.96 Å². The molecular formula is C21H18N4O2S. The third kappa shape index (κ3) is 2.64. The number of nitrogens with zero attached hydrogens (tertiary/aromatic N) is 3. The second-order valence-electron chi connectivity index (χ2n) is 7.50. The van der Waals surface area contributed by atoms with E-state index in [-0.39, 0.29) is 16.5 Å². The number of anilines is 1. The Morgan fingerprint density at radius 1 is 1.21 bits per heavy atom. The summed E-state index contributed by atoms with van der Waals surface area (Å²) in [5.74, 6) is -0.461. The Kier molecular flexibility index (Phi) is 3.84. The summed E-state index contributed by atoms with van der Waals surface area (Å²) in [6, 6.07) is 9.66. The number of hydrogen-bond acceptors (Lipinski definition) is 5. The smallest absolute Gasteiger partial charge is 0.271 e. The Balaban J connectivity index is 1.44. The Morgan fingerprint density at radius 2 is 1.96 bits per heavy atom. The van der Waals surface area contributed by atoms with Crippen LogP contribution in [0.1, 0.15) is 52.2 Å². The predicted octanol–water partition coefficient (Wildman–Crippen LogP) is 3.44. The molecular weight excluding hydrogens is 372 g/mol. The van der Waals surface area contributed by atoms with Crippen molar-refractivity contribution >= 4 is 27.9 Å². The Hall–Kier alpha value is -2.98. The van der Waals surface area contributed by atoms with Gasteiger partial charge in [-0.1, -0.05) is 12.1 Å². The zero-order valence-corrected chi connectivity index (χ0v) is 16.0. The first-order valence-corrected chi connectivity index (χ1v) is 10.3. The van der Waals surface area contributed by atoms with Crippen LogP contribution in [0.15, 0.2) is 35.3 Å². The fraction of sp³-hybridized carbons (Fsp3) is 0.333. The summed E-state index contributed by atoms with van der Waals surface area (Å²) in [6.07, 6.45) is 7.14. The minimum Gasteiger partial charge on any atom is -0.322 e. The van der Waals surface area contributed by atoms with Crippen LogP contribution in [0.4, 0.5) is 5.69 Å². The van der Waals surface area contributed by atoms with Gasteiger partial charge in [0.2, 0.25) is 0 Å². The largest absolute Gasteiger partial charge is 0.322 e. The highest BCUT2D eigenvalue weighted by atomic mass is 32.1. The highest BCUT2D eigenvalue weighted by molar-refractivity contribution is 7.17. The van der Waals surface area contributed by atoms with Crippen LogP contribution in [0, 0.1) is 11.3 Å². The molecule has 5 rings (SSSR count). The van der Waals surface area contributed by atoms with Crippen molar-refractivity contribution in [3.8, 4) is 6.07 Å². The molecule has 0 bridgehead atoms. The van der Waals surface area contributed by atoms with Crippen LogP contribution >= 0.6 is 11.3 Å². The highest BCUT2D eigenvalue weighted by Crippen LogP contribution is 2.47. The summed E-state index contributed by atoms with van der Waals surface area (Å²) < 4.78 is 1.61. The summed E-state index contributed by atoms with van der Waals surface area (Å²) in [5, 5.41) is 12.1. The molecule has 2 aromatic heterocycles. The Labute approximate surface area is 165 Å². The highest BCUT2D eigenvalue weighted by Gasteiger charge is 2.44. The van der Waals surface area contributed by atoms with Gasteiger partial charge < -0.3 is 5.32 Å². The molecule has 3 aromatic rings. The molecule has 1 N–H and O–H groups in total. The van der Waals surface area contributed by atoms with Gasteiger partial charge in [-0.25, -0.2) is 4.98 Å². The molecule has 0 radical (unpaired) electrons. The van der Waals surface area contributed by atoms with Crippen LogP contribution in [-0.2, 0) is 18.3 Å². The number of aryl methyl sites for hydroxylation is 2. The minimum atomic E-state index is -0.461. The van der Waals surface area contributed by atoms with Gasteiger partial charge in [-0.05, 0) is 56.2 Å². The lowest BCUT2D eigenvalue weighted by Crippen LogP contribution is -2.27. The molecule has 2 heterocycles. The van der Waals surface area contributed by atoms with E-state index in [4.69, 9.17) is 0 Å². The lowest BCUT2D eigenvalue weighted by Gasteiger charge is -2.11. The van der Waals surface area contributed by atoms with E-state index in [0.717, 1.165) is 49.8 Å². The van der Waals surface area contributed by atoms with Gasteiger partial charge in [0.05, 0.1) is 11.5 Å². The molecule has 0 unspecified atom stereocenters. The molecule has 0 atom stereocenters. The molecule has 1 aromatic carbocycles. The number of aromatic nitrogens is 2. The average Bonchev–Trinajstić information content (AvgIpc) is 3.42. The lowest BCUT2D eigenvalue weighted by atomic mass is 9.98. The topological polar surface area (TPSA) is 87.3 Å². The SMILES string of the molecule is N#CC1(c2ccc(NC(=O)c3cnc4sc5c(n4c3=O)CCCC5)cc2)CC1. The van der Waals surface area contributed by atoms with E-state index in [1.54, 1.807) is 27.9 Å². The van der Waals surface area contributed by atoms with E-state index in [2.05, 4.69) is 16.4 Å². The summed E-state index contributed by atoms with van der Waals surface area (Å²) in [5.41, 5.74) is 1.96. The fourth-order valence-corrected chi connectivity index (χ4v) is 5.05. The van der Waals surface area contributed by atoms with E-state index in [1.807, 2.05) is 12.1 Å². The second kappa shape index (κ2) is 6.28. The molecule has 0 saturated heterocycles. The van der Waals surface area contributed by atoms with Crippen molar-refractivity contribution in [3.05, 3.63) is 62.5 Å². The van der Waals surface area contributed by atoms with Gasteiger partial charge in [-0.15, -0.1) is 11.3 Å². The van der Waals surface area contributed by atoms with Crippen molar-refractivity contribution in [3.63, 3.8) is 0 Å². The monoisotopic (exact) mass is 390 g/mol. The number of amides is 1.